The van der Waals surface area contributed by atoms with Crippen LogP contribution in [0.25, 0.3) is 6.08 Å². The lowest BCUT2D eigenvalue weighted by atomic mass is 9.93. The quantitative estimate of drug-likeness (QED) is 0.463. The van der Waals surface area contributed by atoms with E-state index in [1.165, 1.54) is 54.7 Å². The molecule has 0 spiro atoms. The van der Waals surface area contributed by atoms with Crippen LogP contribution < -0.4 is 19.7 Å². The standard InChI is InChI=1S/C30H34N2O2/c1-33-29-21-27-25(20-30(29)34-22-24-8-4-2-5-9-24)16-17-31-28(27)15-12-23-10-13-26(14-11-23)32-18-6-3-7-19-32/h2,4-5,8-15,20-21,28,31H,3,6-7,16-19,22H2,1H3. The Balaban J connectivity index is 1.30. The molecule has 2 aliphatic heterocycles. The second-order valence-electron chi connectivity index (χ2n) is 9.16. The maximum Gasteiger partial charge on any atom is 0.161 e. The molecule has 4 nitrogen and oxygen atoms in total. The van der Waals surface area contributed by atoms with E-state index in [1.54, 1.807) is 7.11 Å². The second-order valence-corrected chi connectivity index (χ2v) is 9.16. The van der Waals surface area contributed by atoms with Gasteiger partial charge in [-0.15, -0.1) is 0 Å². The molecule has 1 atom stereocenters. The van der Waals surface area contributed by atoms with Crippen LogP contribution in [0.5, 0.6) is 11.5 Å². The fraction of sp³-hybridized carbons (Fsp3) is 0.333. The molecule has 34 heavy (non-hydrogen) atoms. The normalized spacial score (nSPS) is 18.0. The summed E-state index contributed by atoms with van der Waals surface area (Å²) >= 11 is 0. The van der Waals surface area contributed by atoms with Gasteiger partial charge in [0, 0.05) is 25.3 Å². The van der Waals surface area contributed by atoms with Crippen molar-refractivity contribution >= 4 is 11.8 Å². The van der Waals surface area contributed by atoms with E-state index in [1.807, 2.05) is 18.2 Å². The molecular weight excluding hydrogens is 420 g/mol. The predicted octanol–water partition coefficient (Wildman–Crippen LogP) is 6.16. The number of benzene rings is 3. The molecule has 4 heteroatoms. The van der Waals surface area contributed by atoms with Crippen LogP contribution in [-0.2, 0) is 13.0 Å². The molecule has 5 rings (SSSR count). The van der Waals surface area contributed by atoms with E-state index in [0.29, 0.717) is 6.61 Å². The molecule has 0 aromatic heterocycles. The number of ether oxygens (including phenoxy) is 2. The summed E-state index contributed by atoms with van der Waals surface area (Å²) in [7, 11) is 1.71. The number of nitrogens with zero attached hydrogens (tertiary/aromatic N) is 1. The third-order valence-corrected chi connectivity index (χ3v) is 6.85. The van der Waals surface area contributed by atoms with E-state index in [2.05, 4.69) is 70.9 Å². The Kier molecular flexibility index (Phi) is 7.16. The first-order chi connectivity index (χ1) is 16.8. The molecule has 3 aromatic carbocycles. The molecule has 0 bridgehead atoms. The zero-order chi connectivity index (χ0) is 23.2. The van der Waals surface area contributed by atoms with Crippen molar-refractivity contribution in [3.05, 3.63) is 95.1 Å². The Hall–Kier alpha value is -3.24. The molecule has 2 aliphatic rings. The molecule has 1 fully saturated rings. The molecule has 3 aromatic rings. The van der Waals surface area contributed by atoms with Crippen molar-refractivity contribution in [1.82, 2.24) is 5.32 Å². The van der Waals surface area contributed by atoms with Gasteiger partial charge in [-0.05, 0) is 72.2 Å². The number of hydrogen-bond acceptors (Lipinski definition) is 4. The Morgan fingerprint density at radius 3 is 2.50 bits per heavy atom. The summed E-state index contributed by atoms with van der Waals surface area (Å²) < 4.78 is 11.8. The van der Waals surface area contributed by atoms with Gasteiger partial charge in [0.05, 0.1) is 13.2 Å². The van der Waals surface area contributed by atoms with E-state index in [9.17, 15) is 0 Å². The Morgan fingerprint density at radius 2 is 1.74 bits per heavy atom. The summed E-state index contributed by atoms with van der Waals surface area (Å²) in [5, 5.41) is 3.65. The topological polar surface area (TPSA) is 33.7 Å². The molecule has 1 N–H and O–H groups in total. The lowest BCUT2D eigenvalue weighted by Crippen LogP contribution is -2.29. The first-order valence-corrected chi connectivity index (χ1v) is 12.4. The van der Waals surface area contributed by atoms with Crippen molar-refractivity contribution < 1.29 is 9.47 Å². The fourth-order valence-electron chi connectivity index (χ4n) is 4.93. The van der Waals surface area contributed by atoms with Gasteiger partial charge in [0.2, 0.25) is 0 Å². The van der Waals surface area contributed by atoms with E-state index < -0.39 is 0 Å². The number of piperidine rings is 1. The summed E-state index contributed by atoms with van der Waals surface area (Å²) in [6, 6.07) is 23.7. The van der Waals surface area contributed by atoms with Crippen LogP contribution in [0.3, 0.4) is 0 Å². The second kappa shape index (κ2) is 10.8. The molecule has 0 aliphatic carbocycles. The molecule has 1 saturated heterocycles. The fourth-order valence-corrected chi connectivity index (χ4v) is 4.93. The van der Waals surface area contributed by atoms with Gasteiger partial charge in [0.25, 0.3) is 0 Å². The number of anilines is 1. The third kappa shape index (κ3) is 5.28. The third-order valence-electron chi connectivity index (χ3n) is 6.85. The van der Waals surface area contributed by atoms with Crippen LogP contribution in [-0.4, -0.2) is 26.7 Å². The highest BCUT2D eigenvalue weighted by molar-refractivity contribution is 5.58. The van der Waals surface area contributed by atoms with Crippen LogP contribution >= 0.6 is 0 Å². The summed E-state index contributed by atoms with van der Waals surface area (Å²) in [4.78, 5) is 2.50. The van der Waals surface area contributed by atoms with Crippen LogP contribution in [0.1, 0.15) is 47.6 Å². The average molecular weight is 455 g/mol. The SMILES string of the molecule is COc1cc2c(cc1OCc1ccccc1)CCNC2C=Cc1ccc(N2CCCCC2)cc1. The van der Waals surface area contributed by atoms with Crippen LogP contribution in [0.15, 0.2) is 72.8 Å². The molecule has 0 amide bonds. The maximum atomic E-state index is 6.14. The van der Waals surface area contributed by atoms with Gasteiger partial charge >= 0.3 is 0 Å². The predicted molar refractivity (Wildman–Crippen MR) is 140 cm³/mol. The van der Waals surface area contributed by atoms with E-state index >= 15 is 0 Å². The number of hydrogen-bond donors (Lipinski definition) is 1. The zero-order valence-corrected chi connectivity index (χ0v) is 20.0. The van der Waals surface area contributed by atoms with Crippen molar-refractivity contribution in [1.29, 1.82) is 0 Å². The van der Waals surface area contributed by atoms with Crippen molar-refractivity contribution in [3.63, 3.8) is 0 Å². The smallest absolute Gasteiger partial charge is 0.161 e. The number of fused-ring (bicyclic) bond motifs is 1. The number of rotatable bonds is 7. The van der Waals surface area contributed by atoms with Crippen molar-refractivity contribution in [2.45, 2.75) is 38.3 Å². The Labute approximate surface area is 203 Å². The van der Waals surface area contributed by atoms with Crippen molar-refractivity contribution in [3.8, 4) is 11.5 Å². The van der Waals surface area contributed by atoms with E-state index in [0.717, 1.165) is 30.0 Å². The van der Waals surface area contributed by atoms with Gasteiger partial charge in [0.15, 0.2) is 11.5 Å². The Morgan fingerprint density at radius 1 is 0.941 bits per heavy atom. The van der Waals surface area contributed by atoms with Gasteiger partial charge in [0.1, 0.15) is 6.61 Å². The van der Waals surface area contributed by atoms with Crippen LogP contribution in [0.2, 0.25) is 0 Å². The summed E-state index contributed by atoms with van der Waals surface area (Å²) in [5.41, 5.74) is 6.29. The van der Waals surface area contributed by atoms with Gasteiger partial charge in [-0.2, -0.15) is 0 Å². The van der Waals surface area contributed by atoms with E-state index in [-0.39, 0.29) is 6.04 Å². The maximum absolute atomic E-state index is 6.14. The monoisotopic (exact) mass is 454 g/mol. The summed E-state index contributed by atoms with van der Waals surface area (Å²) in [6.07, 6.45) is 9.43. The highest BCUT2D eigenvalue weighted by Crippen LogP contribution is 2.36. The van der Waals surface area contributed by atoms with Gasteiger partial charge in [-0.1, -0.05) is 54.6 Å². The lowest BCUT2D eigenvalue weighted by molar-refractivity contribution is 0.283. The minimum Gasteiger partial charge on any atom is -0.493 e. The van der Waals surface area contributed by atoms with Crippen LogP contribution in [0, 0.1) is 0 Å². The zero-order valence-electron chi connectivity index (χ0n) is 20.0. The van der Waals surface area contributed by atoms with E-state index in [4.69, 9.17) is 9.47 Å². The van der Waals surface area contributed by atoms with Gasteiger partial charge < -0.3 is 19.7 Å². The summed E-state index contributed by atoms with van der Waals surface area (Å²) in [6.45, 7) is 3.83. The van der Waals surface area contributed by atoms with Crippen LogP contribution in [0.4, 0.5) is 5.69 Å². The van der Waals surface area contributed by atoms with Gasteiger partial charge in [-0.25, -0.2) is 0 Å². The molecular formula is C30H34N2O2. The Bertz CT molecular complexity index is 1100. The number of nitrogens with one attached hydrogen (secondary N) is 1. The average Bonchev–Trinajstić information content (AvgIpc) is 2.91. The highest BCUT2D eigenvalue weighted by Gasteiger charge is 2.21. The van der Waals surface area contributed by atoms with Crippen molar-refractivity contribution in [2.75, 3.05) is 31.6 Å². The number of methoxy groups -OCH3 is 1. The molecule has 0 saturated carbocycles. The summed E-state index contributed by atoms with van der Waals surface area (Å²) in [5.74, 6) is 1.59. The molecule has 2 heterocycles. The minimum absolute atomic E-state index is 0.155. The first kappa shape index (κ1) is 22.5. The molecule has 176 valence electrons. The highest BCUT2D eigenvalue weighted by atomic mass is 16.5. The minimum atomic E-state index is 0.155. The largest absolute Gasteiger partial charge is 0.493 e. The van der Waals surface area contributed by atoms with Gasteiger partial charge in [-0.3, -0.25) is 0 Å². The first-order valence-electron chi connectivity index (χ1n) is 12.4. The molecule has 0 radical (unpaired) electrons. The molecule has 1 unspecified atom stereocenters. The van der Waals surface area contributed by atoms with Crippen molar-refractivity contribution in [2.24, 2.45) is 0 Å². The lowest BCUT2D eigenvalue weighted by Gasteiger charge is -2.28.